The molecule has 0 spiro atoms. The molecule has 2 aromatic rings. The molecule has 1 amide bonds. The highest BCUT2D eigenvalue weighted by Crippen LogP contribution is 2.19. The molecule has 24 heavy (non-hydrogen) atoms. The molecule has 1 heterocycles. The Labute approximate surface area is 147 Å². The number of rotatable bonds is 7. The van der Waals surface area contributed by atoms with E-state index >= 15 is 0 Å². The third kappa shape index (κ3) is 4.94. The van der Waals surface area contributed by atoms with Gasteiger partial charge in [-0.2, -0.15) is 5.10 Å². The Morgan fingerprint density at radius 1 is 1.38 bits per heavy atom. The number of amides is 1. The maximum absolute atomic E-state index is 12.1. The van der Waals surface area contributed by atoms with E-state index < -0.39 is 5.54 Å². The molecule has 1 unspecified atom stereocenters. The lowest BCUT2D eigenvalue weighted by molar-refractivity contribution is -0.126. The zero-order chi connectivity index (χ0) is 16.9. The summed E-state index contributed by atoms with van der Waals surface area (Å²) >= 11 is 0. The molecule has 2 rings (SSSR count). The first-order valence-corrected chi connectivity index (χ1v) is 7.59. The number of ether oxygens (including phenoxy) is 1. The van der Waals surface area contributed by atoms with Crippen LogP contribution in [0.25, 0.3) is 11.4 Å². The number of carbonyl (C=O) groups excluding carboxylic acids is 1. The zero-order valence-corrected chi connectivity index (χ0v) is 14.9. The van der Waals surface area contributed by atoms with E-state index in [1.165, 1.54) is 0 Å². The van der Waals surface area contributed by atoms with Gasteiger partial charge in [0.05, 0.1) is 19.2 Å². The van der Waals surface area contributed by atoms with Crippen molar-refractivity contribution >= 4 is 18.3 Å². The summed E-state index contributed by atoms with van der Waals surface area (Å²) in [6.07, 6.45) is 1.48. The lowest BCUT2D eigenvalue weighted by Crippen LogP contribution is -2.51. The van der Waals surface area contributed by atoms with Crippen LogP contribution in [0, 0.1) is 0 Å². The van der Waals surface area contributed by atoms with Crippen LogP contribution in [0.1, 0.15) is 32.5 Å². The molecule has 8 heteroatoms. The van der Waals surface area contributed by atoms with E-state index in [0.29, 0.717) is 18.1 Å². The summed E-state index contributed by atoms with van der Waals surface area (Å²) < 4.78 is 5.12. The fraction of sp³-hybridized carbons (Fsp3) is 0.438. The van der Waals surface area contributed by atoms with Gasteiger partial charge in [0.15, 0.2) is 5.82 Å². The van der Waals surface area contributed by atoms with Gasteiger partial charge >= 0.3 is 0 Å². The van der Waals surface area contributed by atoms with Crippen LogP contribution in [0.4, 0.5) is 0 Å². The molecule has 4 N–H and O–H groups in total. The van der Waals surface area contributed by atoms with Gasteiger partial charge in [-0.05, 0) is 37.6 Å². The number of carbonyl (C=O) groups is 1. The summed E-state index contributed by atoms with van der Waals surface area (Å²) in [5.41, 5.74) is 5.99. The molecule has 1 aromatic carbocycles. The van der Waals surface area contributed by atoms with Gasteiger partial charge in [-0.3, -0.25) is 9.89 Å². The molecule has 0 aliphatic carbocycles. The van der Waals surface area contributed by atoms with E-state index in [4.69, 9.17) is 10.5 Å². The van der Waals surface area contributed by atoms with E-state index in [0.717, 1.165) is 17.7 Å². The largest absolute Gasteiger partial charge is 0.497 e. The smallest absolute Gasteiger partial charge is 0.240 e. The number of nitrogens with two attached hydrogens (primary N) is 1. The first kappa shape index (κ1) is 19.9. The minimum Gasteiger partial charge on any atom is -0.497 e. The van der Waals surface area contributed by atoms with Crippen molar-refractivity contribution in [1.82, 2.24) is 20.5 Å². The highest BCUT2D eigenvalue weighted by Gasteiger charge is 2.26. The summed E-state index contributed by atoms with van der Waals surface area (Å²) in [6, 6.07) is 7.45. The summed E-state index contributed by atoms with van der Waals surface area (Å²) in [5.74, 6) is 1.73. The fourth-order valence-electron chi connectivity index (χ4n) is 2.24. The standard InChI is InChI=1S/C16H23N5O2.ClH/c1-4-9-16(2,17)15(22)18-10-13-19-14(21-20-13)11-5-7-12(23-3)8-6-11;/h5-8H,4,9-10,17H2,1-3H3,(H,18,22)(H,19,20,21);1H. The molecule has 0 saturated carbocycles. The van der Waals surface area contributed by atoms with Crippen molar-refractivity contribution in [3.8, 4) is 17.1 Å². The van der Waals surface area contributed by atoms with Crippen molar-refractivity contribution in [2.45, 2.75) is 38.8 Å². The van der Waals surface area contributed by atoms with Gasteiger partial charge in [0.25, 0.3) is 0 Å². The van der Waals surface area contributed by atoms with Gasteiger partial charge in [0, 0.05) is 5.56 Å². The van der Waals surface area contributed by atoms with Gasteiger partial charge in [0.1, 0.15) is 11.6 Å². The SMILES string of the molecule is CCCC(C)(N)C(=O)NCc1nc(-c2ccc(OC)cc2)n[nH]1.Cl. The topological polar surface area (TPSA) is 106 Å². The van der Waals surface area contributed by atoms with Crippen LogP contribution in [0.3, 0.4) is 0 Å². The van der Waals surface area contributed by atoms with E-state index in [1.807, 2.05) is 31.2 Å². The Balaban J connectivity index is 0.00000288. The fourth-order valence-corrected chi connectivity index (χ4v) is 2.24. The maximum Gasteiger partial charge on any atom is 0.240 e. The predicted molar refractivity (Wildman–Crippen MR) is 95.0 cm³/mol. The molecule has 0 radical (unpaired) electrons. The molecular weight excluding hydrogens is 330 g/mol. The first-order chi connectivity index (χ1) is 11.0. The Kier molecular flexibility index (Phi) is 7.18. The first-order valence-electron chi connectivity index (χ1n) is 7.59. The average Bonchev–Trinajstić information content (AvgIpc) is 3.01. The van der Waals surface area contributed by atoms with Crippen LogP contribution >= 0.6 is 12.4 Å². The number of hydrogen-bond acceptors (Lipinski definition) is 5. The van der Waals surface area contributed by atoms with Gasteiger partial charge in [-0.25, -0.2) is 4.98 Å². The van der Waals surface area contributed by atoms with E-state index in [9.17, 15) is 4.79 Å². The summed E-state index contributed by atoms with van der Waals surface area (Å²) in [5, 5.41) is 9.77. The summed E-state index contributed by atoms with van der Waals surface area (Å²) in [4.78, 5) is 16.4. The number of nitrogens with zero attached hydrogens (tertiary/aromatic N) is 2. The minimum atomic E-state index is -0.867. The summed E-state index contributed by atoms with van der Waals surface area (Å²) in [6.45, 7) is 3.99. The second kappa shape index (κ2) is 8.65. The highest BCUT2D eigenvalue weighted by atomic mass is 35.5. The van der Waals surface area contributed by atoms with Gasteiger partial charge < -0.3 is 15.8 Å². The molecular formula is C16H24ClN5O2. The molecule has 7 nitrogen and oxygen atoms in total. The van der Waals surface area contributed by atoms with Gasteiger partial charge in [0.2, 0.25) is 5.91 Å². The third-order valence-corrected chi connectivity index (χ3v) is 3.58. The zero-order valence-electron chi connectivity index (χ0n) is 14.1. The number of benzene rings is 1. The van der Waals surface area contributed by atoms with Crippen LogP contribution in [0.2, 0.25) is 0 Å². The number of hydrogen-bond donors (Lipinski definition) is 3. The third-order valence-electron chi connectivity index (χ3n) is 3.58. The highest BCUT2D eigenvalue weighted by molar-refractivity contribution is 5.85. The molecule has 0 bridgehead atoms. The van der Waals surface area contributed by atoms with E-state index in [1.54, 1.807) is 14.0 Å². The molecule has 132 valence electrons. The molecule has 0 fully saturated rings. The molecule has 0 aliphatic heterocycles. The Bertz CT molecular complexity index is 655. The molecule has 1 aromatic heterocycles. The van der Waals surface area contributed by atoms with Crippen LogP contribution < -0.4 is 15.8 Å². The van der Waals surface area contributed by atoms with Crippen molar-refractivity contribution < 1.29 is 9.53 Å². The number of H-pyrrole nitrogens is 1. The van der Waals surface area contributed by atoms with Crippen molar-refractivity contribution in [2.75, 3.05) is 7.11 Å². The number of halogens is 1. The van der Waals surface area contributed by atoms with Crippen molar-refractivity contribution in [2.24, 2.45) is 5.73 Å². The quantitative estimate of drug-likeness (QED) is 0.706. The second-order valence-corrected chi connectivity index (χ2v) is 5.68. The monoisotopic (exact) mass is 353 g/mol. The number of methoxy groups -OCH3 is 1. The number of aromatic amines is 1. The lowest BCUT2D eigenvalue weighted by Gasteiger charge is -2.22. The van der Waals surface area contributed by atoms with Crippen LogP contribution in [0.15, 0.2) is 24.3 Å². The van der Waals surface area contributed by atoms with Crippen molar-refractivity contribution in [3.63, 3.8) is 0 Å². The molecule has 1 atom stereocenters. The molecule has 0 aliphatic rings. The van der Waals surface area contributed by atoms with Crippen LogP contribution in [-0.4, -0.2) is 33.7 Å². The normalized spacial score (nSPS) is 12.8. The summed E-state index contributed by atoms with van der Waals surface area (Å²) in [7, 11) is 1.62. The molecule has 0 saturated heterocycles. The second-order valence-electron chi connectivity index (χ2n) is 5.68. The lowest BCUT2D eigenvalue weighted by atomic mass is 9.97. The van der Waals surface area contributed by atoms with Crippen molar-refractivity contribution in [1.29, 1.82) is 0 Å². The Hall–Kier alpha value is -2.12. The van der Waals surface area contributed by atoms with Gasteiger partial charge in [-0.1, -0.05) is 13.3 Å². The van der Waals surface area contributed by atoms with Gasteiger partial charge in [-0.15, -0.1) is 12.4 Å². The van der Waals surface area contributed by atoms with Crippen molar-refractivity contribution in [3.05, 3.63) is 30.1 Å². The Morgan fingerprint density at radius 2 is 2.04 bits per heavy atom. The van der Waals surface area contributed by atoms with E-state index in [2.05, 4.69) is 20.5 Å². The van der Waals surface area contributed by atoms with Crippen LogP contribution in [-0.2, 0) is 11.3 Å². The Morgan fingerprint density at radius 3 is 2.62 bits per heavy atom. The minimum absolute atomic E-state index is 0. The van der Waals surface area contributed by atoms with Crippen LogP contribution in [0.5, 0.6) is 5.75 Å². The number of aromatic nitrogens is 3. The predicted octanol–water partition coefficient (Wildman–Crippen LogP) is 2.04. The maximum atomic E-state index is 12.1. The number of nitrogens with one attached hydrogen (secondary N) is 2. The van der Waals surface area contributed by atoms with E-state index in [-0.39, 0.29) is 24.9 Å². The average molecular weight is 354 g/mol.